The zero-order valence-corrected chi connectivity index (χ0v) is 20.8. The number of carbonyl (C=O) groups excluding carboxylic acids is 2. The van der Waals surface area contributed by atoms with Crippen LogP contribution in [0, 0.1) is 5.82 Å². The fraction of sp³-hybridized carbons (Fsp3) is 0.458. The molecule has 1 saturated heterocycles. The van der Waals surface area contributed by atoms with E-state index in [1.54, 1.807) is 20.8 Å². The highest BCUT2D eigenvalue weighted by Gasteiger charge is 2.46. The molecule has 2 aliphatic heterocycles. The maximum atomic E-state index is 15.2. The van der Waals surface area contributed by atoms with Crippen LogP contribution in [-0.4, -0.2) is 55.3 Å². The number of anilines is 2. The molecule has 0 unspecified atom stereocenters. The summed E-state index contributed by atoms with van der Waals surface area (Å²) in [6, 6.07) is 5.06. The number of sulfone groups is 1. The van der Waals surface area contributed by atoms with Crippen molar-refractivity contribution in [3.05, 3.63) is 47.4 Å². The van der Waals surface area contributed by atoms with Crippen molar-refractivity contribution >= 4 is 33.2 Å². The first kappa shape index (κ1) is 25.9. The summed E-state index contributed by atoms with van der Waals surface area (Å²) in [5.74, 6) is -2.04. The summed E-state index contributed by atoms with van der Waals surface area (Å²) in [6.45, 7) is 4.13. The van der Waals surface area contributed by atoms with Crippen molar-refractivity contribution in [2.45, 2.75) is 51.0 Å². The Morgan fingerprint density at radius 1 is 1.19 bits per heavy atom. The Balaban J connectivity index is 1.66. The van der Waals surface area contributed by atoms with Gasteiger partial charge in [0.25, 0.3) is 12.3 Å². The second-order valence-corrected chi connectivity index (χ2v) is 12.1. The number of hydrogen-bond acceptors (Lipinski definition) is 6. The molecule has 2 aliphatic rings. The summed E-state index contributed by atoms with van der Waals surface area (Å²) >= 11 is 0. The largest absolute Gasteiger partial charge is 0.487 e. The number of nitrogens with one attached hydrogen (secondary N) is 1. The Kier molecular flexibility index (Phi) is 6.52. The highest BCUT2D eigenvalue weighted by Crippen LogP contribution is 2.46. The summed E-state index contributed by atoms with van der Waals surface area (Å²) in [5, 5.41) is 2.76. The normalized spacial score (nSPS) is 19.8. The van der Waals surface area contributed by atoms with Gasteiger partial charge >= 0.3 is 0 Å². The molecule has 2 amide bonds. The van der Waals surface area contributed by atoms with Gasteiger partial charge in [-0.2, -0.15) is 0 Å². The number of ether oxygens (including phenoxy) is 1. The molecule has 0 spiro atoms. The number of fused-ring (bicyclic) bond motifs is 1. The lowest BCUT2D eigenvalue weighted by Crippen LogP contribution is -2.51. The number of hydrogen-bond donors (Lipinski definition) is 1. The third kappa shape index (κ3) is 4.91. The van der Waals surface area contributed by atoms with Crippen molar-refractivity contribution in [1.29, 1.82) is 0 Å². The molecule has 1 fully saturated rings. The molecular weight excluding hydrogens is 499 g/mol. The predicted molar refractivity (Wildman–Crippen MR) is 126 cm³/mol. The molecule has 4 rings (SSSR count). The van der Waals surface area contributed by atoms with E-state index in [-0.39, 0.29) is 47.2 Å². The van der Waals surface area contributed by atoms with Crippen molar-refractivity contribution in [2.75, 3.05) is 23.0 Å². The van der Waals surface area contributed by atoms with Crippen molar-refractivity contribution in [3.63, 3.8) is 0 Å². The predicted octanol–water partition coefficient (Wildman–Crippen LogP) is 3.52. The average molecular weight is 526 g/mol. The van der Waals surface area contributed by atoms with Gasteiger partial charge in [0, 0.05) is 17.8 Å². The fourth-order valence-electron chi connectivity index (χ4n) is 4.38. The minimum Gasteiger partial charge on any atom is -0.487 e. The van der Waals surface area contributed by atoms with Crippen LogP contribution in [0.2, 0.25) is 0 Å². The van der Waals surface area contributed by atoms with Gasteiger partial charge in [0.15, 0.2) is 0 Å². The summed E-state index contributed by atoms with van der Waals surface area (Å²) in [4.78, 5) is 31.7. The standard InChI is InChI=1S/C24H26F3N3O5S/c1-23(2)16-11-15(21(31)29-24(3)5-8-36(33,34)9-6-24)17(25)12-18(16)30(22(23)32)20-10-14(4-7-28-20)35-13-19(26)27/h4,7,10-12,19H,5-6,8-9,13H2,1-3H3,(H,29,31). The highest BCUT2D eigenvalue weighted by molar-refractivity contribution is 7.91. The molecule has 1 aromatic carbocycles. The summed E-state index contributed by atoms with van der Waals surface area (Å²) in [5.41, 5.74) is -1.67. The molecule has 0 atom stereocenters. The van der Waals surface area contributed by atoms with E-state index in [1.807, 2.05) is 0 Å². The fourth-order valence-corrected chi connectivity index (χ4v) is 6.11. The Morgan fingerprint density at radius 2 is 1.86 bits per heavy atom. The molecule has 1 aromatic heterocycles. The van der Waals surface area contributed by atoms with Crippen LogP contribution in [0.3, 0.4) is 0 Å². The van der Waals surface area contributed by atoms with Crippen LogP contribution >= 0.6 is 0 Å². The van der Waals surface area contributed by atoms with E-state index in [9.17, 15) is 26.8 Å². The van der Waals surface area contributed by atoms with Crippen LogP contribution in [0.1, 0.15) is 49.5 Å². The number of halogens is 3. The summed E-state index contributed by atoms with van der Waals surface area (Å²) in [6.07, 6.45) is -0.978. The molecule has 2 aromatic rings. The minimum atomic E-state index is -3.16. The molecule has 0 saturated carbocycles. The number of alkyl halides is 2. The monoisotopic (exact) mass is 525 g/mol. The van der Waals surface area contributed by atoms with Crippen LogP contribution in [0.5, 0.6) is 5.75 Å². The maximum absolute atomic E-state index is 15.2. The lowest BCUT2D eigenvalue weighted by molar-refractivity contribution is -0.121. The minimum absolute atomic E-state index is 0.0612. The van der Waals surface area contributed by atoms with E-state index < -0.39 is 51.5 Å². The first-order chi connectivity index (χ1) is 16.7. The first-order valence-corrected chi connectivity index (χ1v) is 13.1. The quantitative estimate of drug-likeness (QED) is 0.619. The van der Waals surface area contributed by atoms with E-state index in [0.29, 0.717) is 5.56 Å². The molecule has 8 nitrogen and oxygen atoms in total. The van der Waals surface area contributed by atoms with E-state index in [1.165, 1.54) is 29.3 Å². The molecule has 12 heteroatoms. The van der Waals surface area contributed by atoms with Gasteiger partial charge in [0.2, 0.25) is 5.91 Å². The average Bonchev–Trinajstić information content (AvgIpc) is 2.99. The Hall–Kier alpha value is -3.15. The van der Waals surface area contributed by atoms with Gasteiger partial charge in [-0.25, -0.2) is 26.6 Å². The van der Waals surface area contributed by atoms with Gasteiger partial charge in [-0.05, 0) is 57.4 Å². The molecule has 3 heterocycles. The van der Waals surface area contributed by atoms with Crippen LogP contribution < -0.4 is 15.0 Å². The van der Waals surface area contributed by atoms with E-state index >= 15 is 4.39 Å². The Labute approximate surface area is 206 Å². The topological polar surface area (TPSA) is 106 Å². The maximum Gasteiger partial charge on any atom is 0.272 e. The van der Waals surface area contributed by atoms with Gasteiger partial charge in [0.05, 0.1) is 28.2 Å². The smallest absolute Gasteiger partial charge is 0.272 e. The molecule has 0 radical (unpaired) electrons. The van der Waals surface area contributed by atoms with Crippen molar-refractivity contribution < 1.29 is 35.9 Å². The lowest BCUT2D eigenvalue weighted by Gasteiger charge is -2.34. The molecule has 0 bridgehead atoms. The number of carbonyl (C=O) groups is 2. The highest BCUT2D eigenvalue weighted by atomic mass is 32.2. The third-order valence-corrected chi connectivity index (χ3v) is 8.30. The molecule has 194 valence electrons. The number of pyridine rings is 1. The zero-order chi connectivity index (χ0) is 26.5. The SMILES string of the molecule is CC1(NC(=O)c2cc3c(cc2F)N(c2cc(OCC(F)F)ccn2)C(=O)C3(C)C)CCS(=O)(=O)CC1. The van der Waals surface area contributed by atoms with Crippen molar-refractivity contribution in [1.82, 2.24) is 10.3 Å². The number of benzene rings is 1. The van der Waals surface area contributed by atoms with Crippen LogP contribution in [0.15, 0.2) is 30.5 Å². The van der Waals surface area contributed by atoms with Gasteiger partial charge in [-0.3, -0.25) is 14.5 Å². The van der Waals surface area contributed by atoms with Crippen molar-refractivity contribution in [2.24, 2.45) is 0 Å². The number of rotatable bonds is 6. The third-order valence-electron chi connectivity index (χ3n) is 6.65. The van der Waals surface area contributed by atoms with Gasteiger partial charge in [-0.1, -0.05) is 0 Å². The molecule has 1 N–H and O–H groups in total. The Morgan fingerprint density at radius 3 is 2.50 bits per heavy atom. The molecule has 0 aliphatic carbocycles. The second kappa shape index (κ2) is 9.06. The number of nitrogens with zero attached hydrogens (tertiary/aromatic N) is 2. The summed E-state index contributed by atoms with van der Waals surface area (Å²) < 4.78 is 68.8. The van der Waals surface area contributed by atoms with Gasteiger partial charge in [-0.15, -0.1) is 0 Å². The Bertz CT molecular complexity index is 1320. The van der Waals surface area contributed by atoms with Crippen molar-refractivity contribution in [3.8, 4) is 5.75 Å². The number of amides is 2. The number of aromatic nitrogens is 1. The van der Waals surface area contributed by atoms with Gasteiger partial charge < -0.3 is 10.1 Å². The first-order valence-electron chi connectivity index (χ1n) is 11.3. The molecule has 36 heavy (non-hydrogen) atoms. The zero-order valence-electron chi connectivity index (χ0n) is 20.0. The van der Waals surface area contributed by atoms with E-state index in [2.05, 4.69) is 10.3 Å². The molecular formula is C24H26F3N3O5S. The lowest BCUT2D eigenvalue weighted by atomic mass is 9.85. The summed E-state index contributed by atoms with van der Waals surface area (Å²) in [7, 11) is -3.16. The van der Waals surface area contributed by atoms with E-state index in [4.69, 9.17) is 4.74 Å². The second-order valence-electron chi connectivity index (χ2n) is 9.83. The van der Waals surface area contributed by atoms with Gasteiger partial charge in [0.1, 0.15) is 33.8 Å². The van der Waals surface area contributed by atoms with E-state index in [0.717, 1.165) is 6.07 Å². The van der Waals surface area contributed by atoms with Crippen LogP contribution in [0.4, 0.5) is 24.7 Å². The van der Waals surface area contributed by atoms with Crippen LogP contribution in [0.25, 0.3) is 0 Å². The van der Waals surface area contributed by atoms with Crippen LogP contribution in [-0.2, 0) is 20.0 Å².